The van der Waals surface area contributed by atoms with E-state index in [9.17, 15) is 0 Å². The van der Waals surface area contributed by atoms with Crippen LogP contribution in [0.4, 0.5) is 5.69 Å². The number of fused-ring (bicyclic) bond motifs is 1. The number of imidazole rings is 1. The van der Waals surface area contributed by atoms with E-state index in [2.05, 4.69) is 4.98 Å². The lowest BCUT2D eigenvalue weighted by molar-refractivity contribution is 0.959. The van der Waals surface area contributed by atoms with Gasteiger partial charge in [0.1, 0.15) is 5.82 Å². The Morgan fingerprint density at radius 2 is 2.00 bits per heavy atom. The highest BCUT2D eigenvalue weighted by Crippen LogP contribution is 2.30. The summed E-state index contributed by atoms with van der Waals surface area (Å²) >= 11 is 6.01. The summed E-state index contributed by atoms with van der Waals surface area (Å²) in [5.74, 6) is 0.860. The van der Waals surface area contributed by atoms with E-state index in [-0.39, 0.29) is 0 Å². The quantitative estimate of drug-likeness (QED) is 0.685. The second kappa shape index (κ2) is 4.28. The summed E-state index contributed by atoms with van der Waals surface area (Å²) in [6.07, 6.45) is 0. The van der Waals surface area contributed by atoms with Crippen LogP contribution in [-0.4, -0.2) is 9.55 Å². The first-order chi connectivity index (χ1) is 9.08. The van der Waals surface area contributed by atoms with Crippen molar-refractivity contribution in [1.29, 1.82) is 0 Å². The molecule has 4 heteroatoms. The molecule has 0 spiro atoms. The van der Waals surface area contributed by atoms with Crippen molar-refractivity contribution < 1.29 is 0 Å². The topological polar surface area (TPSA) is 43.8 Å². The Morgan fingerprint density at radius 3 is 2.79 bits per heavy atom. The zero-order valence-electron chi connectivity index (χ0n) is 10.8. The molecule has 0 amide bonds. The average Bonchev–Trinajstić information content (AvgIpc) is 2.69. The molecule has 0 fully saturated rings. The molecule has 96 valence electrons. The summed E-state index contributed by atoms with van der Waals surface area (Å²) < 4.78 is 2.04. The van der Waals surface area contributed by atoms with Gasteiger partial charge in [0.15, 0.2) is 0 Å². The van der Waals surface area contributed by atoms with Crippen molar-refractivity contribution in [3.8, 4) is 11.4 Å². The minimum absolute atomic E-state index is 0.689. The Kier molecular flexibility index (Phi) is 2.72. The molecule has 0 aliphatic rings. The Morgan fingerprint density at radius 1 is 1.21 bits per heavy atom. The zero-order chi connectivity index (χ0) is 13.6. The standard InChI is InChI=1S/C15H14ClN3/c1-9-4-3-5-11(14(9)17)15-18-12-8-10(16)6-7-13(12)19(15)2/h3-8H,17H2,1-2H3. The van der Waals surface area contributed by atoms with Gasteiger partial charge in [-0.05, 0) is 36.8 Å². The third-order valence-electron chi connectivity index (χ3n) is 3.41. The van der Waals surface area contributed by atoms with E-state index in [1.54, 1.807) is 0 Å². The van der Waals surface area contributed by atoms with Gasteiger partial charge in [-0.2, -0.15) is 0 Å². The van der Waals surface area contributed by atoms with Crippen molar-refractivity contribution >= 4 is 28.3 Å². The summed E-state index contributed by atoms with van der Waals surface area (Å²) in [5.41, 5.74) is 10.9. The number of benzene rings is 2. The molecular formula is C15H14ClN3. The van der Waals surface area contributed by atoms with Crippen LogP contribution in [0.5, 0.6) is 0 Å². The number of para-hydroxylation sites is 1. The Bertz CT molecular complexity index is 774. The van der Waals surface area contributed by atoms with Crippen molar-refractivity contribution in [2.24, 2.45) is 7.05 Å². The van der Waals surface area contributed by atoms with Gasteiger partial charge in [-0.1, -0.05) is 23.7 Å². The summed E-state index contributed by atoms with van der Waals surface area (Å²) in [6, 6.07) is 11.7. The van der Waals surface area contributed by atoms with Gasteiger partial charge in [0, 0.05) is 23.3 Å². The molecule has 3 rings (SSSR count). The van der Waals surface area contributed by atoms with Crippen molar-refractivity contribution in [1.82, 2.24) is 9.55 Å². The highest BCUT2D eigenvalue weighted by atomic mass is 35.5. The number of hydrogen-bond acceptors (Lipinski definition) is 2. The maximum Gasteiger partial charge on any atom is 0.142 e. The van der Waals surface area contributed by atoms with Crippen molar-refractivity contribution in [2.45, 2.75) is 6.92 Å². The molecule has 3 aromatic rings. The van der Waals surface area contributed by atoms with Gasteiger partial charge in [-0.3, -0.25) is 0 Å². The molecule has 1 heterocycles. The molecule has 0 aliphatic carbocycles. The number of anilines is 1. The molecule has 0 bridgehead atoms. The second-order valence-electron chi connectivity index (χ2n) is 4.66. The number of aryl methyl sites for hydroxylation is 2. The molecule has 0 saturated heterocycles. The lowest BCUT2D eigenvalue weighted by atomic mass is 10.1. The van der Waals surface area contributed by atoms with E-state index in [0.717, 1.165) is 33.7 Å². The Balaban J connectivity index is 2.31. The lowest BCUT2D eigenvalue weighted by Gasteiger charge is -2.08. The fourth-order valence-electron chi connectivity index (χ4n) is 2.29. The normalized spacial score (nSPS) is 11.1. The molecule has 0 saturated carbocycles. The maximum atomic E-state index is 6.16. The maximum absolute atomic E-state index is 6.16. The molecule has 2 aromatic carbocycles. The third-order valence-corrected chi connectivity index (χ3v) is 3.64. The van der Waals surface area contributed by atoms with Crippen molar-refractivity contribution in [3.63, 3.8) is 0 Å². The average molecular weight is 272 g/mol. The highest BCUT2D eigenvalue weighted by molar-refractivity contribution is 6.31. The van der Waals surface area contributed by atoms with Crippen LogP contribution < -0.4 is 5.73 Å². The van der Waals surface area contributed by atoms with E-state index in [4.69, 9.17) is 17.3 Å². The van der Waals surface area contributed by atoms with Crippen molar-refractivity contribution in [3.05, 3.63) is 47.0 Å². The number of nitrogens with zero attached hydrogens (tertiary/aromatic N) is 2. The third kappa shape index (κ3) is 1.87. The van der Waals surface area contributed by atoms with Crippen LogP contribution in [0.2, 0.25) is 5.02 Å². The van der Waals surface area contributed by atoms with E-state index in [1.165, 1.54) is 0 Å². The Hall–Kier alpha value is -2.00. The molecule has 0 radical (unpaired) electrons. The van der Waals surface area contributed by atoms with Crippen LogP contribution in [0.15, 0.2) is 36.4 Å². The number of aromatic nitrogens is 2. The molecule has 0 atom stereocenters. The first-order valence-electron chi connectivity index (χ1n) is 6.05. The van der Waals surface area contributed by atoms with E-state index in [1.807, 2.05) is 54.9 Å². The monoisotopic (exact) mass is 271 g/mol. The second-order valence-corrected chi connectivity index (χ2v) is 5.10. The van der Waals surface area contributed by atoms with Gasteiger partial charge in [-0.15, -0.1) is 0 Å². The highest BCUT2D eigenvalue weighted by Gasteiger charge is 2.13. The van der Waals surface area contributed by atoms with Gasteiger partial charge >= 0.3 is 0 Å². The van der Waals surface area contributed by atoms with E-state index >= 15 is 0 Å². The van der Waals surface area contributed by atoms with Crippen molar-refractivity contribution in [2.75, 3.05) is 5.73 Å². The van der Waals surface area contributed by atoms with Crippen LogP contribution in [0.25, 0.3) is 22.4 Å². The molecule has 0 aliphatic heterocycles. The number of rotatable bonds is 1. The fourth-order valence-corrected chi connectivity index (χ4v) is 2.46. The van der Waals surface area contributed by atoms with E-state index < -0.39 is 0 Å². The van der Waals surface area contributed by atoms with Gasteiger partial charge < -0.3 is 10.3 Å². The minimum atomic E-state index is 0.689. The molecule has 3 nitrogen and oxygen atoms in total. The SMILES string of the molecule is Cc1cccc(-c2nc3cc(Cl)ccc3n2C)c1N. The van der Waals surface area contributed by atoms with Crippen LogP contribution in [0.3, 0.4) is 0 Å². The number of nitrogen functional groups attached to an aromatic ring is 1. The van der Waals surface area contributed by atoms with Crippen LogP contribution >= 0.6 is 11.6 Å². The number of hydrogen-bond donors (Lipinski definition) is 1. The first kappa shape index (κ1) is 12.1. The predicted octanol–water partition coefficient (Wildman–Crippen LogP) is 3.78. The van der Waals surface area contributed by atoms with Gasteiger partial charge in [0.25, 0.3) is 0 Å². The summed E-state index contributed by atoms with van der Waals surface area (Å²) in [5, 5.41) is 0.689. The molecular weight excluding hydrogens is 258 g/mol. The molecule has 0 unspecified atom stereocenters. The van der Waals surface area contributed by atoms with Gasteiger partial charge in [-0.25, -0.2) is 4.98 Å². The molecule has 2 N–H and O–H groups in total. The number of halogens is 1. The van der Waals surface area contributed by atoms with Gasteiger partial charge in [0.2, 0.25) is 0 Å². The molecule has 19 heavy (non-hydrogen) atoms. The van der Waals surface area contributed by atoms with E-state index in [0.29, 0.717) is 5.02 Å². The summed E-state index contributed by atoms with van der Waals surface area (Å²) in [7, 11) is 1.99. The predicted molar refractivity (Wildman–Crippen MR) is 80.3 cm³/mol. The lowest BCUT2D eigenvalue weighted by Crippen LogP contribution is -1.98. The zero-order valence-corrected chi connectivity index (χ0v) is 11.6. The van der Waals surface area contributed by atoms with Gasteiger partial charge in [0.05, 0.1) is 11.0 Å². The summed E-state index contributed by atoms with van der Waals surface area (Å²) in [4.78, 5) is 4.64. The molecule has 1 aromatic heterocycles. The smallest absolute Gasteiger partial charge is 0.142 e. The Labute approximate surface area is 116 Å². The van der Waals surface area contributed by atoms with Crippen LogP contribution in [-0.2, 0) is 7.05 Å². The number of nitrogens with two attached hydrogens (primary N) is 1. The van der Waals surface area contributed by atoms with Crippen LogP contribution in [0, 0.1) is 6.92 Å². The largest absolute Gasteiger partial charge is 0.398 e. The summed E-state index contributed by atoms with van der Waals surface area (Å²) in [6.45, 7) is 2.00. The fraction of sp³-hybridized carbons (Fsp3) is 0.133. The van der Waals surface area contributed by atoms with Crippen LogP contribution in [0.1, 0.15) is 5.56 Å². The first-order valence-corrected chi connectivity index (χ1v) is 6.43. The minimum Gasteiger partial charge on any atom is -0.398 e.